The van der Waals surface area contributed by atoms with Crippen molar-refractivity contribution in [3.63, 3.8) is 0 Å². The molecule has 0 saturated heterocycles. The van der Waals surface area contributed by atoms with Crippen LogP contribution in [0, 0.1) is 0 Å². The highest BCUT2D eigenvalue weighted by Gasteiger charge is 2.22. The van der Waals surface area contributed by atoms with Crippen LogP contribution in [-0.2, 0) is 11.3 Å². The lowest BCUT2D eigenvalue weighted by Gasteiger charge is -2.22. The second-order valence-corrected chi connectivity index (χ2v) is 6.33. The summed E-state index contributed by atoms with van der Waals surface area (Å²) in [7, 11) is 0. The molecule has 0 spiro atoms. The van der Waals surface area contributed by atoms with Crippen molar-refractivity contribution < 1.29 is 4.79 Å². The quantitative estimate of drug-likeness (QED) is 0.860. The van der Waals surface area contributed by atoms with E-state index in [0.717, 1.165) is 16.9 Å². The summed E-state index contributed by atoms with van der Waals surface area (Å²) in [4.78, 5) is 16.8. The summed E-state index contributed by atoms with van der Waals surface area (Å²) in [5.74, 6) is 1.75. The molecule has 0 atom stereocenters. The summed E-state index contributed by atoms with van der Waals surface area (Å²) in [6.07, 6.45) is 6.79. The molecule has 1 fully saturated rings. The van der Waals surface area contributed by atoms with Crippen LogP contribution in [0.1, 0.15) is 50.3 Å². The first-order valence-corrected chi connectivity index (χ1v) is 8.71. The number of hydrogen-bond acceptors (Lipinski definition) is 3. The number of amides is 1. The average molecular weight is 314 g/mol. The lowest BCUT2D eigenvalue weighted by molar-refractivity contribution is -0.121. The number of imidazole rings is 1. The fourth-order valence-electron chi connectivity index (χ4n) is 3.51. The maximum atomic E-state index is 11.9. The van der Waals surface area contributed by atoms with E-state index < -0.39 is 0 Å². The molecular weight excluding hydrogens is 288 g/mol. The first-order valence-electron chi connectivity index (χ1n) is 8.71. The molecule has 2 aromatic rings. The lowest BCUT2D eigenvalue weighted by atomic mass is 9.88. The van der Waals surface area contributed by atoms with Crippen LogP contribution in [0.2, 0.25) is 0 Å². The number of para-hydroxylation sites is 2. The van der Waals surface area contributed by atoms with Crippen LogP contribution < -0.4 is 11.1 Å². The Labute approximate surface area is 137 Å². The van der Waals surface area contributed by atoms with E-state index in [2.05, 4.69) is 22.0 Å². The molecule has 3 N–H and O–H groups in total. The maximum absolute atomic E-state index is 11.9. The number of aryl methyl sites for hydroxylation is 1. The summed E-state index contributed by atoms with van der Waals surface area (Å²) < 4.78 is 2.26. The molecule has 0 bridgehead atoms. The fraction of sp³-hybridized carbons (Fsp3) is 0.556. The van der Waals surface area contributed by atoms with Crippen LogP contribution >= 0.6 is 0 Å². The van der Waals surface area contributed by atoms with Gasteiger partial charge in [-0.2, -0.15) is 0 Å². The minimum Gasteiger partial charge on any atom is -0.355 e. The highest BCUT2D eigenvalue weighted by molar-refractivity contribution is 5.78. The molecule has 1 aliphatic rings. The Morgan fingerprint density at radius 3 is 2.83 bits per heavy atom. The monoisotopic (exact) mass is 314 g/mol. The molecule has 1 aliphatic carbocycles. The van der Waals surface area contributed by atoms with E-state index in [1.54, 1.807) is 0 Å². The molecule has 1 heterocycles. The summed E-state index contributed by atoms with van der Waals surface area (Å²) in [6, 6.07) is 8.23. The molecule has 0 unspecified atom stereocenters. The van der Waals surface area contributed by atoms with Crippen LogP contribution in [0.15, 0.2) is 24.3 Å². The molecule has 1 aromatic carbocycles. The Morgan fingerprint density at radius 2 is 2.04 bits per heavy atom. The highest BCUT2D eigenvalue weighted by Crippen LogP contribution is 2.33. The normalized spacial score (nSPS) is 15.9. The Morgan fingerprint density at radius 1 is 1.26 bits per heavy atom. The highest BCUT2D eigenvalue weighted by atomic mass is 16.1. The Balaban J connectivity index is 1.82. The summed E-state index contributed by atoms with van der Waals surface area (Å²) in [6.45, 7) is 1.70. The fourth-order valence-corrected chi connectivity index (χ4v) is 3.51. The predicted octanol–water partition coefficient (Wildman–Crippen LogP) is 2.55. The molecule has 0 aliphatic heterocycles. The number of nitrogens with one attached hydrogen (secondary N) is 1. The number of hydrogen-bond donors (Lipinski definition) is 2. The van der Waals surface area contributed by atoms with Gasteiger partial charge in [-0.25, -0.2) is 4.98 Å². The van der Waals surface area contributed by atoms with Crippen molar-refractivity contribution in [1.82, 2.24) is 14.9 Å². The largest absolute Gasteiger partial charge is 0.355 e. The smallest absolute Gasteiger partial charge is 0.221 e. The van der Waals surface area contributed by atoms with Crippen molar-refractivity contribution in [2.24, 2.45) is 5.73 Å². The predicted molar refractivity (Wildman–Crippen MR) is 92.2 cm³/mol. The zero-order valence-electron chi connectivity index (χ0n) is 13.6. The molecule has 5 heteroatoms. The van der Waals surface area contributed by atoms with Crippen LogP contribution in [-0.4, -0.2) is 28.5 Å². The van der Waals surface area contributed by atoms with Gasteiger partial charge in [-0.1, -0.05) is 31.4 Å². The second-order valence-electron chi connectivity index (χ2n) is 6.33. The average Bonchev–Trinajstić information content (AvgIpc) is 2.97. The van der Waals surface area contributed by atoms with Gasteiger partial charge in [0, 0.05) is 32.0 Å². The number of rotatable bonds is 6. The summed E-state index contributed by atoms with van der Waals surface area (Å²) in [5, 5.41) is 2.84. The van der Waals surface area contributed by atoms with Crippen LogP contribution in [0.5, 0.6) is 0 Å². The number of nitrogens with two attached hydrogens (primary N) is 1. The third-order valence-corrected chi connectivity index (χ3v) is 4.68. The van der Waals surface area contributed by atoms with E-state index in [9.17, 15) is 4.79 Å². The van der Waals surface area contributed by atoms with Gasteiger partial charge in [0.05, 0.1) is 11.0 Å². The van der Waals surface area contributed by atoms with Crippen molar-refractivity contribution in [2.45, 2.75) is 51.0 Å². The Hall–Kier alpha value is -1.88. The van der Waals surface area contributed by atoms with Crippen LogP contribution in [0.3, 0.4) is 0 Å². The minimum atomic E-state index is 0.0582. The molecule has 1 aromatic heterocycles. The third kappa shape index (κ3) is 3.72. The standard InChI is InChI=1S/C18H26N4O/c19-11-12-20-17(23)10-13-22-16-9-5-4-8-15(16)21-18(22)14-6-2-1-3-7-14/h4-5,8-9,14H,1-3,6-7,10-13,19H2,(H,20,23). The van der Waals surface area contributed by atoms with Crippen molar-refractivity contribution >= 4 is 16.9 Å². The Kier molecular flexibility index (Phi) is 5.28. The van der Waals surface area contributed by atoms with Crippen molar-refractivity contribution in [3.05, 3.63) is 30.1 Å². The van der Waals surface area contributed by atoms with Crippen LogP contribution in [0.4, 0.5) is 0 Å². The number of fused-ring (bicyclic) bond motifs is 1. The molecule has 23 heavy (non-hydrogen) atoms. The van der Waals surface area contributed by atoms with E-state index >= 15 is 0 Å². The number of nitrogens with zero attached hydrogens (tertiary/aromatic N) is 2. The van der Waals surface area contributed by atoms with E-state index in [4.69, 9.17) is 10.7 Å². The van der Waals surface area contributed by atoms with E-state index in [1.807, 2.05) is 12.1 Å². The number of carbonyl (C=O) groups excluding carboxylic acids is 1. The van der Waals surface area contributed by atoms with Crippen molar-refractivity contribution in [1.29, 1.82) is 0 Å². The summed E-state index contributed by atoms with van der Waals surface area (Å²) >= 11 is 0. The topological polar surface area (TPSA) is 72.9 Å². The van der Waals surface area contributed by atoms with Gasteiger partial charge in [0.15, 0.2) is 0 Å². The second kappa shape index (κ2) is 7.59. The van der Waals surface area contributed by atoms with E-state index in [0.29, 0.717) is 32.0 Å². The minimum absolute atomic E-state index is 0.0582. The van der Waals surface area contributed by atoms with Gasteiger partial charge in [0.1, 0.15) is 5.82 Å². The van der Waals surface area contributed by atoms with E-state index in [-0.39, 0.29) is 5.91 Å². The zero-order chi connectivity index (χ0) is 16.1. The zero-order valence-corrected chi connectivity index (χ0v) is 13.6. The van der Waals surface area contributed by atoms with Crippen molar-refractivity contribution in [3.8, 4) is 0 Å². The van der Waals surface area contributed by atoms with Crippen molar-refractivity contribution in [2.75, 3.05) is 13.1 Å². The number of carbonyl (C=O) groups is 1. The van der Waals surface area contributed by atoms with Gasteiger partial charge in [-0.05, 0) is 25.0 Å². The van der Waals surface area contributed by atoms with Gasteiger partial charge in [0.2, 0.25) is 5.91 Å². The number of benzene rings is 1. The molecular formula is C18H26N4O. The lowest BCUT2D eigenvalue weighted by Crippen LogP contribution is -2.29. The van der Waals surface area contributed by atoms with Gasteiger partial charge in [-0.3, -0.25) is 4.79 Å². The summed E-state index contributed by atoms with van der Waals surface area (Å²) in [5.41, 5.74) is 7.61. The molecule has 124 valence electrons. The van der Waals surface area contributed by atoms with Gasteiger partial charge in [-0.15, -0.1) is 0 Å². The SMILES string of the molecule is NCCNC(=O)CCn1c(C2CCCCC2)nc2ccccc21. The third-order valence-electron chi connectivity index (χ3n) is 4.68. The first kappa shape index (κ1) is 16.0. The Bertz CT molecular complexity index is 658. The molecule has 0 radical (unpaired) electrons. The molecule has 3 rings (SSSR count). The molecule has 1 amide bonds. The van der Waals surface area contributed by atoms with Gasteiger partial charge in [0.25, 0.3) is 0 Å². The van der Waals surface area contributed by atoms with Gasteiger partial charge < -0.3 is 15.6 Å². The molecule has 1 saturated carbocycles. The van der Waals surface area contributed by atoms with Gasteiger partial charge >= 0.3 is 0 Å². The first-order chi connectivity index (χ1) is 11.3. The maximum Gasteiger partial charge on any atom is 0.221 e. The van der Waals surface area contributed by atoms with E-state index in [1.165, 1.54) is 32.1 Å². The number of aromatic nitrogens is 2. The van der Waals surface area contributed by atoms with Crippen LogP contribution in [0.25, 0.3) is 11.0 Å². The molecule has 5 nitrogen and oxygen atoms in total.